The molecule has 112 valence electrons. The van der Waals surface area contributed by atoms with Crippen LogP contribution in [0.2, 0.25) is 0 Å². The molecule has 0 atom stereocenters. The van der Waals surface area contributed by atoms with Crippen LogP contribution in [0.4, 0.5) is 5.13 Å². The first-order valence-corrected chi connectivity index (χ1v) is 8.50. The van der Waals surface area contributed by atoms with Crippen LogP contribution in [0.25, 0.3) is 0 Å². The molecule has 1 saturated heterocycles. The summed E-state index contributed by atoms with van der Waals surface area (Å²) in [5.74, 6) is 0.703. The van der Waals surface area contributed by atoms with Gasteiger partial charge >= 0.3 is 0 Å². The van der Waals surface area contributed by atoms with Crippen LogP contribution in [0.15, 0.2) is 0 Å². The van der Waals surface area contributed by atoms with E-state index in [0.29, 0.717) is 12.5 Å². The molecule has 20 heavy (non-hydrogen) atoms. The first kappa shape index (κ1) is 14.3. The first-order chi connectivity index (χ1) is 9.49. The van der Waals surface area contributed by atoms with Crippen molar-refractivity contribution in [3.05, 3.63) is 10.6 Å². The van der Waals surface area contributed by atoms with Crippen LogP contribution in [-0.2, 0) is 6.54 Å². The van der Waals surface area contributed by atoms with Gasteiger partial charge in [-0.05, 0) is 33.6 Å². The van der Waals surface area contributed by atoms with Gasteiger partial charge in [0.1, 0.15) is 0 Å². The number of anilines is 1. The predicted octanol–water partition coefficient (Wildman–Crippen LogP) is 2.40. The van der Waals surface area contributed by atoms with Crippen molar-refractivity contribution >= 4 is 16.5 Å². The van der Waals surface area contributed by atoms with Gasteiger partial charge in [0.25, 0.3) is 0 Å². The summed E-state index contributed by atoms with van der Waals surface area (Å²) >= 11 is 1.81. The lowest BCUT2D eigenvalue weighted by Gasteiger charge is -2.42. The Morgan fingerprint density at radius 1 is 1.20 bits per heavy atom. The molecule has 1 aliphatic carbocycles. The average molecular weight is 294 g/mol. The lowest BCUT2D eigenvalue weighted by Crippen LogP contribution is -2.53. The van der Waals surface area contributed by atoms with Gasteiger partial charge in [-0.25, -0.2) is 4.98 Å². The number of nitrogens with two attached hydrogens (primary N) is 1. The SMILES string of the molecule is CC(C)(C)N1CCN(c2nc(C3CC3)c(CN)s2)CC1. The highest BCUT2D eigenvalue weighted by Crippen LogP contribution is 2.44. The highest BCUT2D eigenvalue weighted by molar-refractivity contribution is 7.15. The number of hydrogen-bond donors (Lipinski definition) is 1. The summed E-state index contributed by atoms with van der Waals surface area (Å²) in [5, 5.41) is 1.20. The minimum atomic E-state index is 0.274. The van der Waals surface area contributed by atoms with Gasteiger partial charge in [-0.1, -0.05) is 0 Å². The average Bonchev–Trinajstić information content (AvgIpc) is 3.17. The van der Waals surface area contributed by atoms with E-state index in [4.69, 9.17) is 10.7 Å². The zero-order valence-corrected chi connectivity index (χ0v) is 13.7. The van der Waals surface area contributed by atoms with Crippen molar-refractivity contribution < 1.29 is 0 Å². The fourth-order valence-corrected chi connectivity index (χ4v) is 3.95. The maximum Gasteiger partial charge on any atom is 0.185 e. The fraction of sp³-hybridized carbons (Fsp3) is 0.800. The van der Waals surface area contributed by atoms with Gasteiger partial charge in [0.05, 0.1) is 5.69 Å². The molecule has 0 unspecified atom stereocenters. The molecule has 0 bridgehead atoms. The molecule has 4 nitrogen and oxygen atoms in total. The highest BCUT2D eigenvalue weighted by atomic mass is 32.1. The third kappa shape index (κ3) is 2.85. The van der Waals surface area contributed by atoms with Crippen LogP contribution in [-0.4, -0.2) is 41.6 Å². The van der Waals surface area contributed by atoms with E-state index < -0.39 is 0 Å². The Morgan fingerprint density at radius 2 is 1.85 bits per heavy atom. The zero-order chi connectivity index (χ0) is 14.3. The van der Waals surface area contributed by atoms with Gasteiger partial charge in [-0.2, -0.15) is 0 Å². The molecular formula is C15H26N4S. The molecule has 2 N–H and O–H groups in total. The zero-order valence-electron chi connectivity index (χ0n) is 12.9. The lowest BCUT2D eigenvalue weighted by atomic mass is 10.1. The normalized spacial score (nSPS) is 21.5. The molecule has 1 aliphatic heterocycles. The van der Waals surface area contributed by atoms with Gasteiger partial charge < -0.3 is 10.6 Å². The second-order valence-electron chi connectivity index (χ2n) is 6.93. The Bertz CT molecular complexity index is 465. The molecule has 0 amide bonds. The van der Waals surface area contributed by atoms with E-state index in [-0.39, 0.29) is 5.54 Å². The second-order valence-corrected chi connectivity index (χ2v) is 7.99. The van der Waals surface area contributed by atoms with E-state index in [0.717, 1.165) is 26.2 Å². The number of hydrogen-bond acceptors (Lipinski definition) is 5. The molecule has 5 heteroatoms. The molecule has 1 aromatic heterocycles. The lowest BCUT2D eigenvalue weighted by molar-refractivity contribution is 0.128. The van der Waals surface area contributed by atoms with Crippen LogP contribution in [0, 0.1) is 0 Å². The van der Waals surface area contributed by atoms with Crippen LogP contribution >= 0.6 is 11.3 Å². The molecular weight excluding hydrogens is 268 g/mol. The standard InChI is InChI=1S/C15H26N4S/c1-15(2,3)19-8-6-18(7-9-19)14-17-13(11-4-5-11)12(10-16)20-14/h11H,4-10,16H2,1-3H3. The maximum atomic E-state index is 5.88. The second kappa shape index (κ2) is 5.28. The fourth-order valence-electron chi connectivity index (χ4n) is 2.88. The Balaban J connectivity index is 1.69. The Kier molecular flexibility index (Phi) is 3.77. The monoisotopic (exact) mass is 294 g/mol. The molecule has 0 aromatic carbocycles. The van der Waals surface area contributed by atoms with Crippen LogP contribution in [0.5, 0.6) is 0 Å². The number of piperazine rings is 1. The minimum Gasteiger partial charge on any atom is -0.346 e. The van der Waals surface area contributed by atoms with Gasteiger partial charge in [0.15, 0.2) is 5.13 Å². The van der Waals surface area contributed by atoms with Gasteiger partial charge in [-0.15, -0.1) is 11.3 Å². The molecule has 2 heterocycles. The first-order valence-electron chi connectivity index (χ1n) is 7.68. The molecule has 2 fully saturated rings. The maximum absolute atomic E-state index is 5.88. The summed E-state index contributed by atoms with van der Waals surface area (Å²) in [6.45, 7) is 11.9. The molecule has 1 saturated carbocycles. The summed E-state index contributed by atoms with van der Waals surface area (Å²) < 4.78 is 0. The summed E-state index contributed by atoms with van der Waals surface area (Å²) in [6.07, 6.45) is 2.60. The van der Waals surface area contributed by atoms with Crippen LogP contribution < -0.4 is 10.6 Å². The van der Waals surface area contributed by atoms with E-state index in [1.165, 1.54) is 28.5 Å². The Labute approximate surface area is 126 Å². The molecule has 2 aliphatic rings. The molecule has 0 radical (unpaired) electrons. The van der Waals surface area contributed by atoms with Gasteiger partial charge in [0.2, 0.25) is 0 Å². The number of aromatic nitrogens is 1. The van der Waals surface area contributed by atoms with E-state index in [1.54, 1.807) is 0 Å². The Hall–Kier alpha value is -0.650. The van der Waals surface area contributed by atoms with Gasteiger partial charge in [0, 0.05) is 49.1 Å². The third-order valence-corrected chi connectivity index (χ3v) is 5.52. The van der Waals surface area contributed by atoms with Gasteiger partial charge in [-0.3, -0.25) is 4.90 Å². The smallest absolute Gasteiger partial charge is 0.185 e. The number of rotatable bonds is 3. The molecule has 3 rings (SSSR count). The highest BCUT2D eigenvalue weighted by Gasteiger charge is 2.31. The number of thiazole rings is 1. The van der Waals surface area contributed by atoms with Crippen LogP contribution in [0.1, 0.15) is 50.1 Å². The number of nitrogens with zero attached hydrogens (tertiary/aromatic N) is 3. The minimum absolute atomic E-state index is 0.274. The summed E-state index contributed by atoms with van der Waals surface area (Å²) in [5.41, 5.74) is 7.45. The summed E-state index contributed by atoms with van der Waals surface area (Å²) in [7, 11) is 0. The van der Waals surface area contributed by atoms with Crippen molar-refractivity contribution in [2.75, 3.05) is 31.1 Å². The predicted molar refractivity (Wildman–Crippen MR) is 85.5 cm³/mol. The molecule has 0 spiro atoms. The summed E-state index contributed by atoms with van der Waals surface area (Å²) in [6, 6.07) is 0. The van der Waals surface area contributed by atoms with Crippen molar-refractivity contribution in [1.82, 2.24) is 9.88 Å². The van der Waals surface area contributed by atoms with E-state index in [9.17, 15) is 0 Å². The Morgan fingerprint density at radius 3 is 2.35 bits per heavy atom. The third-order valence-electron chi connectivity index (χ3n) is 4.36. The largest absolute Gasteiger partial charge is 0.346 e. The molecule has 1 aromatic rings. The van der Waals surface area contributed by atoms with E-state index >= 15 is 0 Å². The van der Waals surface area contributed by atoms with E-state index in [1.807, 2.05) is 11.3 Å². The topological polar surface area (TPSA) is 45.4 Å². The van der Waals surface area contributed by atoms with Crippen molar-refractivity contribution in [2.45, 2.75) is 51.6 Å². The van der Waals surface area contributed by atoms with Crippen molar-refractivity contribution in [3.8, 4) is 0 Å². The van der Waals surface area contributed by atoms with E-state index in [2.05, 4.69) is 30.6 Å². The van der Waals surface area contributed by atoms with Crippen molar-refractivity contribution in [3.63, 3.8) is 0 Å². The quantitative estimate of drug-likeness (QED) is 0.930. The van der Waals surface area contributed by atoms with Crippen LogP contribution in [0.3, 0.4) is 0 Å². The van der Waals surface area contributed by atoms with Crippen molar-refractivity contribution in [2.24, 2.45) is 5.73 Å². The summed E-state index contributed by atoms with van der Waals surface area (Å²) in [4.78, 5) is 11.2. The van der Waals surface area contributed by atoms with Crippen molar-refractivity contribution in [1.29, 1.82) is 0 Å².